The van der Waals surface area contributed by atoms with Crippen LogP contribution in [-0.2, 0) is 30.6 Å². The average Bonchev–Trinajstić information content (AvgIpc) is 3.13. The maximum Gasteiger partial charge on any atom is 0.236 e. The number of rotatable bonds is 6. The second-order valence-electron chi connectivity index (χ2n) is 7.38. The molecule has 0 saturated carbocycles. The third-order valence-corrected chi connectivity index (χ3v) is 5.39. The van der Waals surface area contributed by atoms with E-state index in [-0.39, 0.29) is 5.91 Å². The maximum atomic E-state index is 12.3. The van der Waals surface area contributed by atoms with E-state index in [1.165, 1.54) is 11.1 Å². The number of hydrogen-bond acceptors (Lipinski definition) is 5. The number of carbonyl (C=O) groups excluding carboxylic acids is 1. The molecular weight excluding hydrogens is 350 g/mol. The lowest BCUT2D eigenvalue weighted by atomic mass is 10.1. The molecule has 0 atom stereocenters. The quantitative estimate of drug-likeness (QED) is 0.592. The minimum Gasteiger partial charge on any atom is -0.351 e. The van der Waals surface area contributed by atoms with Crippen molar-refractivity contribution in [3.8, 4) is 12.3 Å². The summed E-state index contributed by atoms with van der Waals surface area (Å²) in [7, 11) is 0. The molecule has 28 heavy (non-hydrogen) atoms. The fourth-order valence-corrected chi connectivity index (χ4v) is 3.91. The Morgan fingerprint density at radius 1 is 1.25 bits per heavy atom. The van der Waals surface area contributed by atoms with Crippen LogP contribution in [0.5, 0.6) is 0 Å². The standard InChI is InChI=1S/C22H25N5O/c1-2-3-9-23-14-21(28)27-10-8-20-18(15-27)13-24-22(26-20)25-19-11-16-6-4-5-7-17(16)12-19/h1,4-7,13,19,23H,3,8-12,14-15H2,(H,24,25,26). The van der Waals surface area contributed by atoms with E-state index < -0.39 is 0 Å². The van der Waals surface area contributed by atoms with E-state index in [4.69, 9.17) is 11.4 Å². The van der Waals surface area contributed by atoms with Crippen LogP contribution < -0.4 is 10.6 Å². The van der Waals surface area contributed by atoms with Gasteiger partial charge in [-0.15, -0.1) is 12.3 Å². The first kappa shape index (κ1) is 18.5. The number of terminal acetylenes is 1. The summed E-state index contributed by atoms with van der Waals surface area (Å²) in [4.78, 5) is 23.4. The first-order valence-corrected chi connectivity index (χ1v) is 9.83. The predicted octanol–water partition coefficient (Wildman–Crippen LogP) is 1.55. The highest BCUT2D eigenvalue weighted by Gasteiger charge is 2.24. The summed E-state index contributed by atoms with van der Waals surface area (Å²) in [5.41, 5.74) is 4.88. The number of amides is 1. The summed E-state index contributed by atoms with van der Waals surface area (Å²) < 4.78 is 0. The molecule has 4 rings (SSSR count). The van der Waals surface area contributed by atoms with Crippen LogP contribution in [0.3, 0.4) is 0 Å². The van der Waals surface area contributed by atoms with Crippen LogP contribution >= 0.6 is 0 Å². The van der Waals surface area contributed by atoms with Gasteiger partial charge >= 0.3 is 0 Å². The van der Waals surface area contributed by atoms with E-state index in [1.807, 2.05) is 11.1 Å². The molecule has 2 aliphatic rings. The zero-order valence-electron chi connectivity index (χ0n) is 15.9. The largest absolute Gasteiger partial charge is 0.351 e. The van der Waals surface area contributed by atoms with E-state index in [2.05, 4.69) is 45.8 Å². The van der Waals surface area contributed by atoms with Gasteiger partial charge in [-0.25, -0.2) is 9.97 Å². The molecule has 0 bridgehead atoms. The smallest absolute Gasteiger partial charge is 0.236 e. The summed E-state index contributed by atoms with van der Waals surface area (Å²) >= 11 is 0. The number of fused-ring (bicyclic) bond motifs is 2. The van der Waals surface area contributed by atoms with Gasteiger partial charge in [0.05, 0.1) is 12.2 Å². The lowest BCUT2D eigenvalue weighted by molar-refractivity contribution is -0.131. The van der Waals surface area contributed by atoms with Crippen molar-refractivity contribution < 1.29 is 4.79 Å². The van der Waals surface area contributed by atoms with Crippen molar-refractivity contribution in [2.24, 2.45) is 0 Å². The number of nitrogens with one attached hydrogen (secondary N) is 2. The third kappa shape index (κ3) is 4.15. The first-order valence-electron chi connectivity index (χ1n) is 9.83. The molecule has 0 radical (unpaired) electrons. The number of hydrogen-bond donors (Lipinski definition) is 2. The third-order valence-electron chi connectivity index (χ3n) is 5.39. The minimum atomic E-state index is 0.0913. The van der Waals surface area contributed by atoms with E-state index in [9.17, 15) is 4.79 Å². The van der Waals surface area contributed by atoms with Crippen molar-refractivity contribution in [2.45, 2.75) is 38.3 Å². The van der Waals surface area contributed by atoms with E-state index in [1.54, 1.807) is 0 Å². The number of nitrogens with zero attached hydrogens (tertiary/aromatic N) is 3. The van der Waals surface area contributed by atoms with E-state index in [0.717, 1.165) is 30.5 Å². The van der Waals surface area contributed by atoms with Crippen LogP contribution in [0.2, 0.25) is 0 Å². The summed E-state index contributed by atoms with van der Waals surface area (Å²) in [6.07, 6.45) is 10.5. The van der Waals surface area contributed by atoms with Crippen molar-refractivity contribution in [2.75, 3.05) is 25.0 Å². The molecule has 0 unspecified atom stereocenters. The lowest BCUT2D eigenvalue weighted by Gasteiger charge is -2.28. The minimum absolute atomic E-state index is 0.0913. The molecule has 1 aromatic carbocycles. The number of benzene rings is 1. The van der Waals surface area contributed by atoms with Crippen LogP contribution in [-0.4, -0.2) is 46.5 Å². The Hall–Kier alpha value is -2.91. The summed E-state index contributed by atoms with van der Waals surface area (Å²) in [5, 5.41) is 6.57. The molecule has 1 aliphatic heterocycles. The molecule has 6 nitrogen and oxygen atoms in total. The average molecular weight is 375 g/mol. The highest BCUT2D eigenvalue weighted by molar-refractivity contribution is 5.78. The van der Waals surface area contributed by atoms with Crippen molar-refractivity contribution in [3.63, 3.8) is 0 Å². The summed E-state index contributed by atoms with van der Waals surface area (Å²) in [6.45, 7) is 2.24. The molecule has 2 N–H and O–H groups in total. The SMILES string of the molecule is C#CCCNCC(=O)N1CCc2nc(NC3Cc4ccccc4C3)ncc2C1. The second-order valence-corrected chi connectivity index (χ2v) is 7.38. The van der Waals surface area contributed by atoms with Crippen molar-refractivity contribution in [1.29, 1.82) is 0 Å². The van der Waals surface area contributed by atoms with Gasteiger partial charge in [-0.3, -0.25) is 4.79 Å². The zero-order valence-corrected chi connectivity index (χ0v) is 15.9. The summed E-state index contributed by atoms with van der Waals surface area (Å²) in [5.74, 6) is 3.34. The highest BCUT2D eigenvalue weighted by atomic mass is 16.2. The van der Waals surface area contributed by atoms with Gasteiger partial charge in [0.25, 0.3) is 0 Å². The Morgan fingerprint density at radius 2 is 2.04 bits per heavy atom. The van der Waals surface area contributed by atoms with Crippen LogP contribution in [0.1, 0.15) is 28.8 Å². The Bertz CT molecular complexity index is 879. The predicted molar refractivity (Wildman–Crippen MR) is 109 cm³/mol. The van der Waals surface area contributed by atoms with Crippen LogP contribution in [0.15, 0.2) is 30.5 Å². The van der Waals surface area contributed by atoms with Gasteiger partial charge in [0.15, 0.2) is 0 Å². The van der Waals surface area contributed by atoms with Gasteiger partial charge < -0.3 is 15.5 Å². The molecule has 144 valence electrons. The van der Waals surface area contributed by atoms with Gasteiger partial charge in [0.2, 0.25) is 11.9 Å². The number of anilines is 1. The van der Waals surface area contributed by atoms with Crippen LogP contribution in [0.4, 0.5) is 5.95 Å². The molecule has 2 heterocycles. The molecule has 2 aromatic rings. The molecule has 1 amide bonds. The van der Waals surface area contributed by atoms with Gasteiger partial charge in [-0.2, -0.15) is 0 Å². The Morgan fingerprint density at radius 3 is 2.79 bits per heavy atom. The molecule has 1 aromatic heterocycles. The van der Waals surface area contributed by atoms with Crippen molar-refractivity contribution in [1.82, 2.24) is 20.2 Å². The van der Waals surface area contributed by atoms with Gasteiger partial charge in [0, 0.05) is 50.3 Å². The molecule has 6 heteroatoms. The Balaban J connectivity index is 1.33. The zero-order chi connectivity index (χ0) is 19.3. The Labute approximate surface area is 165 Å². The molecule has 1 aliphatic carbocycles. The monoisotopic (exact) mass is 375 g/mol. The topological polar surface area (TPSA) is 70.2 Å². The van der Waals surface area contributed by atoms with E-state index in [0.29, 0.717) is 44.6 Å². The number of carbonyl (C=O) groups is 1. The van der Waals surface area contributed by atoms with Crippen LogP contribution in [0.25, 0.3) is 0 Å². The summed E-state index contributed by atoms with van der Waals surface area (Å²) in [6, 6.07) is 8.91. The fraction of sp³-hybridized carbons (Fsp3) is 0.409. The molecule has 0 spiro atoms. The highest BCUT2D eigenvalue weighted by Crippen LogP contribution is 2.24. The van der Waals surface area contributed by atoms with Gasteiger partial charge in [-0.05, 0) is 24.0 Å². The Kier molecular flexibility index (Phi) is 5.54. The van der Waals surface area contributed by atoms with Crippen molar-refractivity contribution >= 4 is 11.9 Å². The van der Waals surface area contributed by atoms with E-state index >= 15 is 0 Å². The number of aromatic nitrogens is 2. The van der Waals surface area contributed by atoms with Gasteiger partial charge in [-0.1, -0.05) is 24.3 Å². The maximum absolute atomic E-state index is 12.3. The van der Waals surface area contributed by atoms with Gasteiger partial charge in [0.1, 0.15) is 0 Å². The molecular formula is C22H25N5O. The fourth-order valence-electron chi connectivity index (χ4n) is 3.91. The molecule has 0 fully saturated rings. The van der Waals surface area contributed by atoms with Crippen LogP contribution in [0, 0.1) is 12.3 Å². The molecule has 0 saturated heterocycles. The van der Waals surface area contributed by atoms with Crippen molar-refractivity contribution in [3.05, 3.63) is 52.8 Å². The lowest BCUT2D eigenvalue weighted by Crippen LogP contribution is -2.41. The first-order chi connectivity index (χ1) is 13.7. The second kappa shape index (κ2) is 8.41. The normalized spacial score (nSPS) is 15.6.